The standard InChI is InChI=1S/C17H22N4O3/c1-10-8-11(2)21-15(19-10)13(9-18-21)16(22)20-14-7-5-3-4-6-12(14)17(23)24/h8-9,12,14H,3-7H2,1-2H3,(H,20,22)(H,23,24)/t12-,14-/m0/s1. The molecule has 0 spiro atoms. The normalized spacial score (nSPS) is 21.4. The molecule has 24 heavy (non-hydrogen) atoms. The molecule has 2 aromatic heterocycles. The highest BCUT2D eigenvalue weighted by molar-refractivity contribution is 6.00. The minimum atomic E-state index is -0.841. The third kappa shape index (κ3) is 3.11. The van der Waals surface area contributed by atoms with Gasteiger partial charge in [0.25, 0.3) is 5.91 Å². The number of nitrogens with one attached hydrogen (secondary N) is 1. The van der Waals surface area contributed by atoms with E-state index in [-0.39, 0.29) is 11.9 Å². The smallest absolute Gasteiger partial charge is 0.308 e. The van der Waals surface area contributed by atoms with Crippen LogP contribution >= 0.6 is 0 Å². The number of hydrogen-bond donors (Lipinski definition) is 2. The van der Waals surface area contributed by atoms with E-state index in [0.717, 1.165) is 30.7 Å². The Kier molecular flexibility index (Phi) is 4.51. The molecule has 2 heterocycles. The number of nitrogens with zero attached hydrogens (tertiary/aromatic N) is 3. The quantitative estimate of drug-likeness (QED) is 0.840. The van der Waals surface area contributed by atoms with Gasteiger partial charge in [-0.15, -0.1) is 0 Å². The summed E-state index contributed by atoms with van der Waals surface area (Å²) in [6.45, 7) is 3.77. The Labute approximate surface area is 140 Å². The lowest BCUT2D eigenvalue weighted by Crippen LogP contribution is -2.42. The third-order valence-electron chi connectivity index (χ3n) is 4.67. The lowest BCUT2D eigenvalue weighted by Gasteiger charge is -2.22. The number of aromatic nitrogens is 3. The summed E-state index contributed by atoms with van der Waals surface area (Å²) in [5.41, 5.74) is 2.60. The van der Waals surface area contributed by atoms with Gasteiger partial charge in [-0.2, -0.15) is 5.10 Å². The number of aryl methyl sites for hydroxylation is 2. The maximum absolute atomic E-state index is 12.7. The lowest BCUT2D eigenvalue weighted by atomic mass is 9.94. The largest absolute Gasteiger partial charge is 0.481 e. The second kappa shape index (κ2) is 6.59. The molecule has 1 saturated carbocycles. The van der Waals surface area contributed by atoms with Gasteiger partial charge in [-0.1, -0.05) is 19.3 Å². The highest BCUT2D eigenvalue weighted by atomic mass is 16.4. The number of aliphatic carboxylic acids is 1. The zero-order chi connectivity index (χ0) is 17.3. The Balaban J connectivity index is 1.87. The van der Waals surface area contributed by atoms with Crippen LogP contribution in [0.5, 0.6) is 0 Å². The van der Waals surface area contributed by atoms with Crippen LogP contribution in [0.1, 0.15) is 53.8 Å². The molecule has 0 aromatic carbocycles. The van der Waals surface area contributed by atoms with Gasteiger partial charge in [0.1, 0.15) is 5.56 Å². The van der Waals surface area contributed by atoms with Crippen LogP contribution in [0.3, 0.4) is 0 Å². The average Bonchev–Trinajstić information content (AvgIpc) is 2.79. The molecule has 2 aromatic rings. The van der Waals surface area contributed by atoms with Crippen molar-refractivity contribution in [2.24, 2.45) is 5.92 Å². The van der Waals surface area contributed by atoms with E-state index >= 15 is 0 Å². The van der Waals surface area contributed by atoms with Crippen molar-refractivity contribution >= 4 is 17.5 Å². The minimum absolute atomic E-state index is 0.305. The Morgan fingerprint density at radius 2 is 2.00 bits per heavy atom. The molecule has 1 amide bonds. The zero-order valence-electron chi connectivity index (χ0n) is 14.0. The maximum Gasteiger partial charge on any atom is 0.308 e. The topological polar surface area (TPSA) is 96.6 Å². The van der Waals surface area contributed by atoms with Crippen molar-refractivity contribution in [2.75, 3.05) is 0 Å². The van der Waals surface area contributed by atoms with Crippen molar-refractivity contribution < 1.29 is 14.7 Å². The van der Waals surface area contributed by atoms with E-state index in [1.54, 1.807) is 4.52 Å². The number of carboxylic acid groups (broad SMARTS) is 1. The van der Waals surface area contributed by atoms with E-state index in [0.29, 0.717) is 24.1 Å². The van der Waals surface area contributed by atoms with Crippen LogP contribution < -0.4 is 5.32 Å². The second-order valence-electron chi connectivity index (χ2n) is 6.50. The van der Waals surface area contributed by atoms with E-state index in [2.05, 4.69) is 15.4 Å². The van der Waals surface area contributed by atoms with Crippen molar-refractivity contribution in [3.8, 4) is 0 Å². The molecule has 0 aliphatic heterocycles. The molecular formula is C17H22N4O3. The monoisotopic (exact) mass is 330 g/mol. The van der Waals surface area contributed by atoms with Crippen LogP contribution in [0.15, 0.2) is 12.3 Å². The molecule has 0 radical (unpaired) electrons. The van der Waals surface area contributed by atoms with Gasteiger partial charge in [-0.25, -0.2) is 9.50 Å². The third-order valence-corrected chi connectivity index (χ3v) is 4.67. The first-order valence-corrected chi connectivity index (χ1v) is 8.33. The minimum Gasteiger partial charge on any atom is -0.481 e. The molecule has 7 nitrogen and oxygen atoms in total. The van der Waals surface area contributed by atoms with Crippen molar-refractivity contribution in [1.82, 2.24) is 19.9 Å². The predicted molar refractivity (Wildman–Crippen MR) is 87.9 cm³/mol. The summed E-state index contributed by atoms with van der Waals surface area (Å²) in [5, 5.41) is 16.6. The van der Waals surface area contributed by atoms with Gasteiger partial charge in [0.15, 0.2) is 5.65 Å². The van der Waals surface area contributed by atoms with Gasteiger partial charge in [-0.3, -0.25) is 9.59 Å². The van der Waals surface area contributed by atoms with Gasteiger partial charge < -0.3 is 10.4 Å². The number of rotatable bonds is 3. The summed E-state index contributed by atoms with van der Waals surface area (Å²) in [6, 6.07) is 1.55. The van der Waals surface area contributed by atoms with E-state index in [9.17, 15) is 14.7 Å². The highest BCUT2D eigenvalue weighted by Gasteiger charge is 2.31. The fourth-order valence-electron chi connectivity index (χ4n) is 3.45. The van der Waals surface area contributed by atoms with Crippen molar-refractivity contribution in [3.63, 3.8) is 0 Å². The van der Waals surface area contributed by atoms with Gasteiger partial charge in [0.05, 0.1) is 12.1 Å². The summed E-state index contributed by atoms with van der Waals surface area (Å²) in [5.74, 6) is -1.68. The highest BCUT2D eigenvalue weighted by Crippen LogP contribution is 2.24. The van der Waals surface area contributed by atoms with Crippen LogP contribution in [0.4, 0.5) is 0 Å². The molecule has 2 N–H and O–H groups in total. The van der Waals surface area contributed by atoms with Crippen molar-refractivity contribution in [2.45, 2.75) is 52.0 Å². The summed E-state index contributed by atoms with van der Waals surface area (Å²) >= 11 is 0. The number of amides is 1. The molecule has 7 heteroatoms. The number of carbonyl (C=O) groups excluding carboxylic acids is 1. The summed E-state index contributed by atoms with van der Waals surface area (Å²) < 4.78 is 1.63. The SMILES string of the molecule is Cc1cc(C)n2ncc(C(=O)N[C@H]3CCCCC[C@@H]3C(=O)O)c2n1. The van der Waals surface area contributed by atoms with Gasteiger partial charge >= 0.3 is 5.97 Å². The van der Waals surface area contributed by atoms with E-state index in [4.69, 9.17) is 0 Å². The van der Waals surface area contributed by atoms with Crippen LogP contribution in [0, 0.1) is 19.8 Å². The van der Waals surface area contributed by atoms with Crippen LogP contribution in [-0.2, 0) is 4.79 Å². The molecule has 1 fully saturated rings. The molecule has 0 bridgehead atoms. The molecule has 2 atom stereocenters. The van der Waals surface area contributed by atoms with Gasteiger partial charge in [0, 0.05) is 17.4 Å². The first-order valence-electron chi connectivity index (χ1n) is 8.33. The Morgan fingerprint density at radius 1 is 1.25 bits per heavy atom. The molecular weight excluding hydrogens is 308 g/mol. The zero-order valence-corrected chi connectivity index (χ0v) is 14.0. The molecule has 128 valence electrons. The number of hydrogen-bond acceptors (Lipinski definition) is 4. The Morgan fingerprint density at radius 3 is 2.75 bits per heavy atom. The fourth-order valence-corrected chi connectivity index (χ4v) is 3.45. The summed E-state index contributed by atoms with van der Waals surface area (Å²) in [6.07, 6.45) is 5.61. The predicted octanol–water partition coefficient (Wildman–Crippen LogP) is 2.11. The molecule has 0 unspecified atom stereocenters. The van der Waals surface area contributed by atoms with Crippen LogP contribution in [0.25, 0.3) is 5.65 Å². The number of fused-ring (bicyclic) bond motifs is 1. The van der Waals surface area contributed by atoms with Crippen molar-refractivity contribution in [1.29, 1.82) is 0 Å². The molecule has 1 aliphatic rings. The Hall–Kier alpha value is -2.44. The molecule has 3 rings (SSSR count). The van der Waals surface area contributed by atoms with Crippen molar-refractivity contribution in [3.05, 3.63) is 29.2 Å². The summed E-state index contributed by atoms with van der Waals surface area (Å²) in [7, 11) is 0. The number of carboxylic acids is 1. The number of carbonyl (C=O) groups is 2. The first kappa shape index (κ1) is 16.4. The Bertz CT molecular complexity index is 783. The average molecular weight is 330 g/mol. The van der Waals surface area contributed by atoms with Crippen LogP contribution in [0.2, 0.25) is 0 Å². The van der Waals surface area contributed by atoms with Crippen LogP contribution in [-0.4, -0.2) is 37.6 Å². The molecule has 0 saturated heterocycles. The summed E-state index contributed by atoms with van der Waals surface area (Å²) in [4.78, 5) is 28.6. The first-order chi connectivity index (χ1) is 11.5. The van der Waals surface area contributed by atoms with E-state index < -0.39 is 11.9 Å². The van der Waals surface area contributed by atoms with E-state index in [1.165, 1.54) is 6.20 Å². The fraction of sp³-hybridized carbons (Fsp3) is 0.529. The van der Waals surface area contributed by atoms with Gasteiger partial charge in [-0.05, 0) is 32.8 Å². The van der Waals surface area contributed by atoms with E-state index in [1.807, 2.05) is 19.9 Å². The van der Waals surface area contributed by atoms with Gasteiger partial charge in [0.2, 0.25) is 0 Å². The maximum atomic E-state index is 12.7. The second-order valence-corrected chi connectivity index (χ2v) is 6.50. The molecule has 1 aliphatic carbocycles. The lowest BCUT2D eigenvalue weighted by molar-refractivity contribution is -0.142.